The Morgan fingerprint density at radius 1 is 0.941 bits per heavy atom. The Morgan fingerprint density at radius 3 is 2.44 bits per heavy atom. The number of ether oxygens (including phenoxy) is 1. The summed E-state index contributed by atoms with van der Waals surface area (Å²) in [4.78, 5) is 43.8. The van der Waals surface area contributed by atoms with E-state index in [4.69, 9.17) is 9.26 Å². The lowest BCUT2D eigenvalue weighted by molar-refractivity contribution is 0.0429. The van der Waals surface area contributed by atoms with Gasteiger partial charge in [0.1, 0.15) is 0 Å². The summed E-state index contributed by atoms with van der Waals surface area (Å²) in [6.07, 6.45) is 0. The Bertz CT molecular complexity index is 1440. The Kier molecular flexibility index (Phi) is 5.25. The van der Waals surface area contributed by atoms with Crippen LogP contribution >= 0.6 is 0 Å². The lowest BCUT2D eigenvalue weighted by Crippen LogP contribution is -2.29. The zero-order chi connectivity index (χ0) is 23.8. The molecule has 2 amide bonds. The highest BCUT2D eigenvalue weighted by atomic mass is 16.6. The standard InChI is InChI=1S/C26H19N3O5/c1-15-7-9-17(10-8-15)23-27-22(34-28-23)14-33-26(32)18-11-12-19-20(13-18)25(31)29(24(19)30)21-6-4-3-5-16(21)2/h3-13H,14H2,1-2H3. The summed E-state index contributed by atoms with van der Waals surface area (Å²) in [7, 11) is 0. The number of esters is 1. The van der Waals surface area contributed by atoms with Crippen LogP contribution in [0.2, 0.25) is 0 Å². The van der Waals surface area contributed by atoms with Gasteiger partial charge in [-0.05, 0) is 43.7 Å². The number of benzene rings is 3. The molecule has 5 rings (SSSR count). The lowest BCUT2D eigenvalue weighted by atomic mass is 10.1. The van der Waals surface area contributed by atoms with Crippen LogP contribution in [0.1, 0.15) is 48.1 Å². The van der Waals surface area contributed by atoms with Gasteiger partial charge in [-0.3, -0.25) is 9.59 Å². The second-order valence-corrected chi connectivity index (χ2v) is 7.95. The van der Waals surface area contributed by atoms with Crippen LogP contribution in [0.3, 0.4) is 0 Å². The number of aromatic nitrogens is 2. The number of nitrogens with zero attached hydrogens (tertiary/aromatic N) is 3. The predicted molar refractivity (Wildman–Crippen MR) is 122 cm³/mol. The summed E-state index contributed by atoms with van der Waals surface area (Å²) >= 11 is 0. The smallest absolute Gasteiger partial charge is 0.338 e. The van der Waals surface area contributed by atoms with Crippen molar-refractivity contribution in [3.63, 3.8) is 0 Å². The zero-order valence-corrected chi connectivity index (χ0v) is 18.4. The van der Waals surface area contributed by atoms with Crippen molar-refractivity contribution in [1.29, 1.82) is 0 Å². The summed E-state index contributed by atoms with van der Waals surface area (Å²) in [5, 5.41) is 3.91. The Labute approximate surface area is 194 Å². The van der Waals surface area contributed by atoms with Crippen molar-refractivity contribution >= 4 is 23.5 Å². The molecule has 0 unspecified atom stereocenters. The van der Waals surface area contributed by atoms with Crippen LogP contribution in [0, 0.1) is 13.8 Å². The number of anilines is 1. The minimum Gasteiger partial charge on any atom is -0.452 e. The number of fused-ring (bicyclic) bond motifs is 1. The second-order valence-electron chi connectivity index (χ2n) is 7.95. The molecule has 0 fully saturated rings. The molecular weight excluding hydrogens is 434 g/mol. The summed E-state index contributed by atoms with van der Waals surface area (Å²) < 4.78 is 10.5. The van der Waals surface area contributed by atoms with E-state index in [1.54, 1.807) is 12.1 Å². The van der Waals surface area contributed by atoms with E-state index in [2.05, 4.69) is 10.1 Å². The maximum atomic E-state index is 13.0. The number of amides is 2. The number of para-hydroxylation sites is 1. The fourth-order valence-corrected chi connectivity index (χ4v) is 3.74. The van der Waals surface area contributed by atoms with Gasteiger partial charge in [-0.2, -0.15) is 4.98 Å². The van der Waals surface area contributed by atoms with Gasteiger partial charge in [-0.1, -0.05) is 53.2 Å². The topological polar surface area (TPSA) is 103 Å². The van der Waals surface area contributed by atoms with Gasteiger partial charge in [-0.25, -0.2) is 9.69 Å². The van der Waals surface area contributed by atoms with E-state index < -0.39 is 17.8 Å². The van der Waals surface area contributed by atoms with Gasteiger partial charge in [0.05, 0.1) is 22.4 Å². The molecule has 4 aromatic rings. The quantitative estimate of drug-likeness (QED) is 0.323. The number of hydrogen-bond donors (Lipinski definition) is 0. The highest BCUT2D eigenvalue weighted by Gasteiger charge is 2.37. The van der Waals surface area contributed by atoms with Crippen LogP contribution in [0.5, 0.6) is 0 Å². The van der Waals surface area contributed by atoms with Crippen LogP contribution < -0.4 is 4.90 Å². The average Bonchev–Trinajstić information content (AvgIpc) is 3.41. The van der Waals surface area contributed by atoms with E-state index in [1.165, 1.54) is 18.2 Å². The molecule has 8 nitrogen and oxygen atoms in total. The molecule has 0 N–H and O–H groups in total. The largest absolute Gasteiger partial charge is 0.452 e. The van der Waals surface area contributed by atoms with E-state index >= 15 is 0 Å². The molecule has 34 heavy (non-hydrogen) atoms. The molecule has 0 spiro atoms. The maximum Gasteiger partial charge on any atom is 0.338 e. The van der Waals surface area contributed by atoms with Gasteiger partial charge in [0.25, 0.3) is 17.7 Å². The third kappa shape index (κ3) is 3.75. The first-order valence-electron chi connectivity index (χ1n) is 10.6. The Hall–Kier alpha value is -4.59. The Balaban J connectivity index is 1.31. The van der Waals surface area contributed by atoms with Crippen LogP contribution in [0.25, 0.3) is 11.4 Å². The predicted octanol–water partition coefficient (Wildman–Crippen LogP) is 4.51. The van der Waals surface area contributed by atoms with Gasteiger partial charge < -0.3 is 9.26 Å². The Morgan fingerprint density at radius 2 is 1.68 bits per heavy atom. The molecule has 168 valence electrons. The maximum absolute atomic E-state index is 13.0. The van der Waals surface area contributed by atoms with Crippen molar-refractivity contribution in [1.82, 2.24) is 10.1 Å². The summed E-state index contributed by atoms with van der Waals surface area (Å²) in [6, 6.07) is 19.0. The number of hydrogen-bond acceptors (Lipinski definition) is 7. The molecule has 0 radical (unpaired) electrons. The van der Waals surface area contributed by atoms with Crippen LogP contribution in [0.15, 0.2) is 71.3 Å². The minimum absolute atomic E-state index is 0.141. The molecule has 0 saturated carbocycles. The third-order valence-electron chi connectivity index (χ3n) is 5.58. The molecule has 1 aliphatic rings. The van der Waals surface area contributed by atoms with E-state index in [0.29, 0.717) is 11.5 Å². The number of rotatable bonds is 5. The first-order valence-corrected chi connectivity index (χ1v) is 10.6. The molecule has 0 atom stereocenters. The monoisotopic (exact) mass is 453 g/mol. The van der Waals surface area contributed by atoms with Gasteiger partial charge in [0.15, 0.2) is 6.61 Å². The highest BCUT2D eigenvalue weighted by molar-refractivity contribution is 6.34. The summed E-state index contributed by atoms with van der Waals surface area (Å²) in [5.74, 6) is -1.05. The van der Waals surface area contributed by atoms with E-state index in [-0.39, 0.29) is 29.2 Å². The molecule has 8 heteroatoms. The van der Waals surface area contributed by atoms with Gasteiger partial charge in [-0.15, -0.1) is 0 Å². The van der Waals surface area contributed by atoms with E-state index in [0.717, 1.165) is 21.6 Å². The van der Waals surface area contributed by atoms with Crippen molar-refractivity contribution in [2.24, 2.45) is 0 Å². The molecule has 0 aliphatic carbocycles. The summed E-state index contributed by atoms with van der Waals surface area (Å²) in [5.41, 5.74) is 3.74. The fourth-order valence-electron chi connectivity index (χ4n) is 3.74. The number of carbonyl (C=O) groups excluding carboxylic acids is 3. The molecule has 1 aliphatic heterocycles. The van der Waals surface area contributed by atoms with Gasteiger partial charge >= 0.3 is 5.97 Å². The third-order valence-corrected chi connectivity index (χ3v) is 5.58. The van der Waals surface area contributed by atoms with Crippen molar-refractivity contribution < 1.29 is 23.6 Å². The normalized spacial score (nSPS) is 12.7. The average molecular weight is 453 g/mol. The zero-order valence-electron chi connectivity index (χ0n) is 18.4. The van der Waals surface area contributed by atoms with Crippen LogP contribution in [-0.2, 0) is 11.3 Å². The molecular formula is C26H19N3O5. The van der Waals surface area contributed by atoms with Crippen molar-refractivity contribution in [2.45, 2.75) is 20.5 Å². The minimum atomic E-state index is -0.674. The van der Waals surface area contributed by atoms with Gasteiger partial charge in [0.2, 0.25) is 5.82 Å². The van der Waals surface area contributed by atoms with Gasteiger partial charge in [0, 0.05) is 5.56 Å². The van der Waals surface area contributed by atoms with E-state index in [9.17, 15) is 14.4 Å². The molecule has 3 aromatic carbocycles. The van der Waals surface area contributed by atoms with Crippen molar-refractivity contribution in [3.05, 3.63) is 100 Å². The van der Waals surface area contributed by atoms with Crippen LogP contribution in [-0.4, -0.2) is 27.9 Å². The van der Waals surface area contributed by atoms with E-state index in [1.807, 2.05) is 50.2 Å². The lowest BCUT2D eigenvalue weighted by Gasteiger charge is -2.16. The second kappa shape index (κ2) is 8.40. The molecule has 0 saturated heterocycles. The molecule has 1 aromatic heterocycles. The number of imide groups is 1. The summed E-state index contributed by atoms with van der Waals surface area (Å²) in [6.45, 7) is 3.58. The SMILES string of the molecule is Cc1ccc(-c2noc(COC(=O)c3ccc4c(c3)C(=O)N(c3ccccc3C)C4=O)n2)cc1. The molecule has 0 bridgehead atoms. The van der Waals surface area contributed by atoms with Crippen LogP contribution in [0.4, 0.5) is 5.69 Å². The highest BCUT2D eigenvalue weighted by Crippen LogP contribution is 2.31. The van der Waals surface area contributed by atoms with Crippen molar-refractivity contribution in [3.8, 4) is 11.4 Å². The first-order chi connectivity index (χ1) is 16.4. The molecule has 2 heterocycles. The fraction of sp³-hybridized carbons (Fsp3) is 0.115. The first kappa shape index (κ1) is 21.3. The van der Waals surface area contributed by atoms with Crippen molar-refractivity contribution in [2.75, 3.05) is 4.90 Å². The number of aryl methyl sites for hydroxylation is 2. The number of carbonyl (C=O) groups is 3.